The third-order valence-electron chi connectivity index (χ3n) is 2.94. The van der Waals surface area contributed by atoms with E-state index in [9.17, 15) is 9.90 Å². The number of aromatic carboxylic acids is 1. The molecule has 2 aromatic rings. The van der Waals surface area contributed by atoms with Gasteiger partial charge in [-0.2, -0.15) is 5.10 Å². The van der Waals surface area contributed by atoms with Crippen LogP contribution in [-0.4, -0.2) is 21.3 Å². The number of aryl methyl sites for hydroxylation is 2. The van der Waals surface area contributed by atoms with Gasteiger partial charge in [-0.25, -0.2) is 4.79 Å². The molecular formula is C14H14N2O3. The lowest BCUT2D eigenvalue weighted by Gasteiger charge is -2.11. The SMILES string of the molecule is Cc1ccccc1Oc1nnc(C)c(C)c1C(=O)O. The van der Waals surface area contributed by atoms with E-state index < -0.39 is 5.97 Å². The first-order valence-corrected chi connectivity index (χ1v) is 5.81. The van der Waals surface area contributed by atoms with Crippen molar-refractivity contribution in [3.05, 3.63) is 46.6 Å². The van der Waals surface area contributed by atoms with E-state index >= 15 is 0 Å². The zero-order chi connectivity index (χ0) is 14.0. The van der Waals surface area contributed by atoms with Gasteiger partial charge in [0.2, 0.25) is 0 Å². The molecular weight excluding hydrogens is 244 g/mol. The van der Waals surface area contributed by atoms with E-state index in [1.165, 1.54) is 0 Å². The molecule has 0 atom stereocenters. The summed E-state index contributed by atoms with van der Waals surface area (Å²) in [5.41, 5.74) is 2.09. The third kappa shape index (κ3) is 2.54. The van der Waals surface area contributed by atoms with Crippen molar-refractivity contribution >= 4 is 5.97 Å². The van der Waals surface area contributed by atoms with Gasteiger partial charge < -0.3 is 9.84 Å². The molecule has 0 aliphatic heterocycles. The molecule has 0 saturated heterocycles. The first kappa shape index (κ1) is 13.0. The van der Waals surface area contributed by atoms with Crippen LogP contribution in [0, 0.1) is 20.8 Å². The number of rotatable bonds is 3. The highest BCUT2D eigenvalue weighted by Gasteiger charge is 2.19. The lowest BCUT2D eigenvalue weighted by Crippen LogP contribution is -2.08. The summed E-state index contributed by atoms with van der Waals surface area (Å²) in [6.07, 6.45) is 0. The van der Waals surface area contributed by atoms with E-state index in [0.29, 0.717) is 17.0 Å². The van der Waals surface area contributed by atoms with Crippen LogP contribution < -0.4 is 4.74 Å². The number of hydrogen-bond acceptors (Lipinski definition) is 4. The number of ether oxygens (including phenoxy) is 1. The predicted molar refractivity (Wildman–Crippen MR) is 69.7 cm³/mol. The van der Waals surface area contributed by atoms with E-state index in [0.717, 1.165) is 5.56 Å². The largest absolute Gasteiger partial charge is 0.477 e. The Hall–Kier alpha value is -2.43. The lowest BCUT2D eigenvalue weighted by molar-refractivity contribution is 0.0692. The van der Waals surface area contributed by atoms with Gasteiger partial charge in [0.1, 0.15) is 11.3 Å². The van der Waals surface area contributed by atoms with Crippen molar-refractivity contribution in [3.8, 4) is 11.6 Å². The fraction of sp³-hybridized carbons (Fsp3) is 0.214. The average Bonchev–Trinajstić information content (AvgIpc) is 2.36. The summed E-state index contributed by atoms with van der Waals surface area (Å²) < 4.78 is 5.58. The molecule has 2 rings (SSSR count). The van der Waals surface area contributed by atoms with Crippen molar-refractivity contribution in [2.45, 2.75) is 20.8 Å². The van der Waals surface area contributed by atoms with E-state index in [2.05, 4.69) is 10.2 Å². The third-order valence-corrected chi connectivity index (χ3v) is 2.94. The van der Waals surface area contributed by atoms with E-state index in [-0.39, 0.29) is 11.4 Å². The molecule has 0 amide bonds. The first-order valence-electron chi connectivity index (χ1n) is 5.81. The number of carbonyl (C=O) groups is 1. The molecule has 0 unspecified atom stereocenters. The fourth-order valence-corrected chi connectivity index (χ4v) is 1.69. The van der Waals surface area contributed by atoms with Crippen LogP contribution in [0.2, 0.25) is 0 Å². The van der Waals surface area contributed by atoms with Crippen LogP contribution in [0.15, 0.2) is 24.3 Å². The Morgan fingerprint density at radius 1 is 1.16 bits per heavy atom. The van der Waals surface area contributed by atoms with Crippen LogP contribution in [0.3, 0.4) is 0 Å². The number of carboxylic acids is 1. The smallest absolute Gasteiger partial charge is 0.341 e. The van der Waals surface area contributed by atoms with Crippen LogP contribution in [-0.2, 0) is 0 Å². The van der Waals surface area contributed by atoms with Gasteiger partial charge >= 0.3 is 5.97 Å². The molecule has 19 heavy (non-hydrogen) atoms. The Labute approximate surface area is 110 Å². The highest BCUT2D eigenvalue weighted by atomic mass is 16.5. The molecule has 0 bridgehead atoms. The average molecular weight is 258 g/mol. The number of aromatic nitrogens is 2. The van der Waals surface area contributed by atoms with Crippen molar-refractivity contribution in [2.24, 2.45) is 0 Å². The Bertz CT molecular complexity index is 639. The molecule has 1 heterocycles. The number of carboxylic acid groups (broad SMARTS) is 1. The molecule has 0 aliphatic carbocycles. The summed E-state index contributed by atoms with van der Waals surface area (Å²) in [4.78, 5) is 11.3. The zero-order valence-electron chi connectivity index (χ0n) is 11.0. The summed E-state index contributed by atoms with van der Waals surface area (Å²) in [7, 11) is 0. The summed E-state index contributed by atoms with van der Waals surface area (Å²) in [6, 6.07) is 7.34. The van der Waals surface area contributed by atoms with Crippen LogP contribution in [0.25, 0.3) is 0 Å². The number of benzene rings is 1. The van der Waals surface area contributed by atoms with E-state index in [1.807, 2.05) is 25.1 Å². The van der Waals surface area contributed by atoms with Gasteiger partial charge in [0.05, 0.1) is 5.69 Å². The maximum Gasteiger partial charge on any atom is 0.341 e. The van der Waals surface area contributed by atoms with Crippen molar-refractivity contribution in [1.82, 2.24) is 10.2 Å². The fourth-order valence-electron chi connectivity index (χ4n) is 1.69. The summed E-state index contributed by atoms with van der Waals surface area (Å²) in [5.74, 6) is -0.480. The highest BCUT2D eigenvalue weighted by Crippen LogP contribution is 2.27. The van der Waals surface area contributed by atoms with Crippen molar-refractivity contribution in [1.29, 1.82) is 0 Å². The number of nitrogens with zero attached hydrogens (tertiary/aromatic N) is 2. The number of hydrogen-bond donors (Lipinski definition) is 1. The molecule has 0 spiro atoms. The minimum absolute atomic E-state index is 0.0184. The second kappa shape index (κ2) is 5.06. The van der Waals surface area contributed by atoms with Gasteiger partial charge in [-0.3, -0.25) is 0 Å². The van der Waals surface area contributed by atoms with Crippen LogP contribution in [0.1, 0.15) is 27.2 Å². The normalized spacial score (nSPS) is 10.3. The van der Waals surface area contributed by atoms with Crippen molar-refractivity contribution in [3.63, 3.8) is 0 Å². The van der Waals surface area contributed by atoms with Crippen LogP contribution >= 0.6 is 0 Å². The Morgan fingerprint density at radius 2 is 1.84 bits per heavy atom. The molecule has 1 N–H and O–H groups in total. The quantitative estimate of drug-likeness (QED) is 0.916. The lowest BCUT2D eigenvalue weighted by atomic mass is 10.1. The molecule has 1 aromatic heterocycles. The van der Waals surface area contributed by atoms with Crippen LogP contribution in [0.4, 0.5) is 0 Å². The van der Waals surface area contributed by atoms with Crippen LogP contribution in [0.5, 0.6) is 11.6 Å². The molecule has 0 aliphatic rings. The standard InChI is InChI=1S/C14H14N2O3/c1-8-6-4-5-7-11(8)19-13-12(14(17)18)9(2)10(3)15-16-13/h4-7H,1-3H3,(H,17,18). The van der Waals surface area contributed by atoms with Gasteiger partial charge in [-0.15, -0.1) is 5.10 Å². The highest BCUT2D eigenvalue weighted by molar-refractivity contribution is 5.92. The first-order chi connectivity index (χ1) is 9.00. The molecule has 5 nitrogen and oxygen atoms in total. The van der Waals surface area contributed by atoms with Crippen molar-refractivity contribution in [2.75, 3.05) is 0 Å². The van der Waals surface area contributed by atoms with Gasteiger partial charge in [-0.05, 0) is 38.0 Å². The van der Waals surface area contributed by atoms with E-state index in [4.69, 9.17) is 4.74 Å². The second-order valence-corrected chi connectivity index (χ2v) is 4.26. The predicted octanol–water partition coefficient (Wildman–Crippen LogP) is 2.89. The van der Waals surface area contributed by atoms with Crippen molar-refractivity contribution < 1.29 is 14.6 Å². The summed E-state index contributed by atoms with van der Waals surface area (Å²) >= 11 is 0. The van der Waals surface area contributed by atoms with Gasteiger partial charge in [0.25, 0.3) is 5.88 Å². The minimum atomic E-state index is -1.07. The number of para-hydroxylation sites is 1. The second-order valence-electron chi connectivity index (χ2n) is 4.26. The molecule has 0 fully saturated rings. The molecule has 5 heteroatoms. The van der Waals surface area contributed by atoms with Gasteiger partial charge in [0, 0.05) is 0 Å². The minimum Gasteiger partial charge on any atom is -0.477 e. The van der Waals surface area contributed by atoms with Gasteiger partial charge in [-0.1, -0.05) is 18.2 Å². The zero-order valence-corrected chi connectivity index (χ0v) is 11.0. The molecule has 0 saturated carbocycles. The summed E-state index contributed by atoms with van der Waals surface area (Å²) in [6.45, 7) is 5.29. The molecule has 1 aromatic carbocycles. The molecule has 98 valence electrons. The molecule has 0 radical (unpaired) electrons. The topological polar surface area (TPSA) is 72.3 Å². The Balaban J connectivity index is 2.49. The maximum absolute atomic E-state index is 11.3. The Kier molecular flexibility index (Phi) is 3.46. The monoisotopic (exact) mass is 258 g/mol. The summed E-state index contributed by atoms with van der Waals surface area (Å²) in [5, 5.41) is 17.0. The van der Waals surface area contributed by atoms with Gasteiger partial charge in [0.15, 0.2) is 0 Å². The maximum atomic E-state index is 11.3. The van der Waals surface area contributed by atoms with E-state index in [1.54, 1.807) is 19.9 Å². The Morgan fingerprint density at radius 3 is 2.47 bits per heavy atom.